The van der Waals surface area contributed by atoms with E-state index in [9.17, 15) is 4.79 Å². The highest BCUT2D eigenvalue weighted by Gasteiger charge is 2.14. The van der Waals surface area contributed by atoms with Gasteiger partial charge in [0.05, 0.1) is 27.8 Å². The van der Waals surface area contributed by atoms with Gasteiger partial charge >= 0.3 is 0 Å². The molecule has 0 saturated heterocycles. The molecule has 0 aromatic heterocycles. The molecule has 1 amide bonds. The Morgan fingerprint density at radius 1 is 0.960 bits per heavy atom. The van der Waals surface area contributed by atoms with Crippen molar-refractivity contribution in [3.8, 4) is 17.2 Å². The van der Waals surface area contributed by atoms with Crippen LogP contribution in [0.3, 0.4) is 0 Å². The van der Waals surface area contributed by atoms with Crippen molar-refractivity contribution in [2.75, 3.05) is 33.6 Å². The molecule has 6 heteroatoms. The minimum Gasteiger partial charge on any atom is -0.493 e. The van der Waals surface area contributed by atoms with Gasteiger partial charge in [0.1, 0.15) is 0 Å². The molecular formula is C19H24N2O4. The third kappa shape index (κ3) is 5.04. The minimum absolute atomic E-state index is 0.0651. The monoisotopic (exact) mass is 344 g/mol. The standard InChI is InChI=1S/C19H24N2O4/c1-23-16-10-14(11-17(24-2)19(16)25-3)12-18(22)21-9-8-13-4-6-15(20)7-5-13/h4-7,10-11H,8-9,12,20H2,1-3H3,(H,21,22). The Kier molecular flexibility index (Phi) is 6.51. The Bertz CT molecular complexity index is 689. The molecule has 0 atom stereocenters. The fourth-order valence-electron chi connectivity index (χ4n) is 2.52. The second-order valence-electron chi connectivity index (χ2n) is 5.55. The van der Waals surface area contributed by atoms with E-state index in [0.717, 1.165) is 23.2 Å². The maximum absolute atomic E-state index is 12.2. The number of nitrogens with two attached hydrogens (primary N) is 1. The fraction of sp³-hybridized carbons (Fsp3) is 0.316. The average Bonchev–Trinajstić information content (AvgIpc) is 2.62. The van der Waals surface area contributed by atoms with Gasteiger partial charge in [0.15, 0.2) is 11.5 Å². The van der Waals surface area contributed by atoms with Crippen LogP contribution in [-0.2, 0) is 17.6 Å². The van der Waals surface area contributed by atoms with Gasteiger partial charge < -0.3 is 25.3 Å². The molecule has 0 unspecified atom stereocenters. The number of carbonyl (C=O) groups is 1. The number of rotatable bonds is 8. The average molecular weight is 344 g/mol. The number of hydrogen-bond donors (Lipinski definition) is 2. The van der Waals surface area contributed by atoms with E-state index in [2.05, 4.69) is 5.32 Å². The molecule has 0 heterocycles. The number of benzene rings is 2. The van der Waals surface area contributed by atoms with Crippen molar-refractivity contribution in [2.24, 2.45) is 0 Å². The van der Waals surface area contributed by atoms with Crippen LogP contribution in [0.2, 0.25) is 0 Å². The first kappa shape index (κ1) is 18.4. The molecule has 0 aliphatic carbocycles. The quantitative estimate of drug-likeness (QED) is 0.717. The molecule has 134 valence electrons. The van der Waals surface area contributed by atoms with Crippen molar-refractivity contribution in [1.82, 2.24) is 5.32 Å². The second-order valence-corrected chi connectivity index (χ2v) is 5.55. The van der Waals surface area contributed by atoms with Crippen LogP contribution in [0.4, 0.5) is 5.69 Å². The topological polar surface area (TPSA) is 82.8 Å². The van der Waals surface area contributed by atoms with E-state index in [1.54, 1.807) is 33.5 Å². The van der Waals surface area contributed by atoms with Crippen molar-refractivity contribution in [2.45, 2.75) is 12.8 Å². The van der Waals surface area contributed by atoms with Crippen LogP contribution < -0.4 is 25.3 Å². The number of amides is 1. The number of anilines is 1. The Balaban J connectivity index is 1.94. The van der Waals surface area contributed by atoms with Crippen LogP contribution >= 0.6 is 0 Å². The molecule has 0 fully saturated rings. The van der Waals surface area contributed by atoms with Crippen LogP contribution in [0.1, 0.15) is 11.1 Å². The van der Waals surface area contributed by atoms with Crippen molar-refractivity contribution in [1.29, 1.82) is 0 Å². The fourth-order valence-corrected chi connectivity index (χ4v) is 2.52. The predicted molar refractivity (Wildman–Crippen MR) is 97.4 cm³/mol. The number of hydrogen-bond acceptors (Lipinski definition) is 5. The number of ether oxygens (including phenoxy) is 3. The largest absolute Gasteiger partial charge is 0.493 e. The van der Waals surface area contributed by atoms with E-state index in [-0.39, 0.29) is 12.3 Å². The van der Waals surface area contributed by atoms with Crippen molar-refractivity contribution >= 4 is 11.6 Å². The number of methoxy groups -OCH3 is 3. The lowest BCUT2D eigenvalue weighted by Gasteiger charge is -2.14. The van der Waals surface area contributed by atoms with Crippen molar-refractivity contribution in [3.63, 3.8) is 0 Å². The molecule has 0 aliphatic rings. The van der Waals surface area contributed by atoms with E-state index in [1.807, 2.05) is 24.3 Å². The molecule has 2 aromatic carbocycles. The highest BCUT2D eigenvalue weighted by molar-refractivity contribution is 5.79. The van der Waals surface area contributed by atoms with Crippen LogP contribution in [0.5, 0.6) is 17.2 Å². The number of nitrogen functional groups attached to an aromatic ring is 1. The van der Waals surface area contributed by atoms with Gasteiger partial charge in [-0.1, -0.05) is 12.1 Å². The van der Waals surface area contributed by atoms with Gasteiger partial charge in [-0.2, -0.15) is 0 Å². The first-order valence-electron chi connectivity index (χ1n) is 7.97. The van der Waals surface area contributed by atoms with Gasteiger partial charge in [0.25, 0.3) is 0 Å². The van der Waals surface area contributed by atoms with Gasteiger partial charge in [-0.15, -0.1) is 0 Å². The predicted octanol–water partition coefficient (Wildman–Crippen LogP) is 2.20. The summed E-state index contributed by atoms with van der Waals surface area (Å²) in [6.07, 6.45) is 0.986. The number of nitrogens with one attached hydrogen (secondary N) is 1. The molecule has 0 bridgehead atoms. The maximum atomic E-state index is 12.2. The third-order valence-electron chi connectivity index (χ3n) is 3.80. The van der Waals surface area contributed by atoms with Gasteiger partial charge in [0, 0.05) is 12.2 Å². The SMILES string of the molecule is COc1cc(CC(=O)NCCc2ccc(N)cc2)cc(OC)c1OC. The third-order valence-corrected chi connectivity index (χ3v) is 3.80. The molecule has 0 aliphatic heterocycles. The highest BCUT2D eigenvalue weighted by atomic mass is 16.5. The number of carbonyl (C=O) groups excluding carboxylic acids is 1. The van der Waals surface area contributed by atoms with Gasteiger partial charge in [-0.3, -0.25) is 4.79 Å². The molecule has 3 N–H and O–H groups in total. The zero-order valence-corrected chi connectivity index (χ0v) is 14.8. The molecule has 0 radical (unpaired) electrons. The summed E-state index contributed by atoms with van der Waals surface area (Å²) in [4.78, 5) is 12.2. The van der Waals surface area contributed by atoms with Crippen LogP contribution in [0.25, 0.3) is 0 Å². The molecule has 6 nitrogen and oxygen atoms in total. The lowest BCUT2D eigenvalue weighted by Crippen LogP contribution is -2.27. The summed E-state index contributed by atoms with van der Waals surface area (Å²) in [7, 11) is 4.64. The summed E-state index contributed by atoms with van der Waals surface area (Å²) in [5.74, 6) is 1.51. The Morgan fingerprint density at radius 2 is 1.56 bits per heavy atom. The summed E-state index contributed by atoms with van der Waals surface area (Å²) in [6, 6.07) is 11.2. The minimum atomic E-state index is -0.0651. The van der Waals surface area contributed by atoms with Crippen molar-refractivity contribution in [3.05, 3.63) is 47.5 Å². The van der Waals surface area contributed by atoms with Crippen molar-refractivity contribution < 1.29 is 19.0 Å². The summed E-state index contributed by atoms with van der Waals surface area (Å²) in [6.45, 7) is 0.563. The second kappa shape index (κ2) is 8.82. The van der Waals surface area contributed by atoms with Crippen LogP contribution in [0, 0.1) is 0 Å². The molecule has 0 saturated carbocycles. The summed E-state index contributed by atoms with van der Waals surface area (Å²) >= 11 is 0. The molecule has 2 rings (SSSR count). The summed E-state index contributed by atoms with van der Waals surface area (Å²) in [5.41, 5.74) is 8.31. The van der Waals surface area contributed by atoms with Crippen LogP contribution in [0.15, 0.2) is 36.4 Å². The Labute approximate surface area is 147 Å². The van der Waals surface area contributed by atoms with E-state index in [1.165, 1.54) is 0 Å². The molecular weight excluding hydrogens is 320 g/mol. The maximum Gasteiger partial charge on any atom is 0.224 e. The Morgan fingerprint density at radius 3 is 2.08 bits per heavy atom. The van der Waals surface area contributed by atoms with Crippen LogP contribution in [-0.4, -0.2) is 33.8 Å². The Hall–Kier alpha value is -2.89. The summed E-state index contributed by atoms with van der Waals surface area (Å²) in [5, 5.41) is 2.91. The molecule has 0 spiro atoms. The zero-order chi connectivity index (χ0) is 18.2. The normalized spacial score (nSPS) is 10.2. The smallest absolute Gasteiger partial charge is 0.224 e. The summed E-state index contributed by atoms with van der Waals surface area (Å²) < 4.78 is 15.9. The first-order chi connectivity index (χ1) is 12.1. The van der Waals surface area contributed by atoms with Gasteiger partial charge in [-0.25, -0.2) is 0 Å². The lowest BCUT2D eigenvalue weighted by atomic mass is 10.1. The lowest BCUT2D eigenvalue weighted by molar-refractivity contribution is -0.120. The first-order valence-corrected chi connectivity index (χ1v) is 7.97. The van der Waals surface area contributed by atoms with E-state index >= 15 is 0 Å². The molecule has 2 aromatic rings. The van der Waals surface area contributed by atoms with Gasteiger partial charge in [0.2, 0.25) is 11.7 Å². The van der Waals surface area contributed by atoms with Gasteiger partial charge in [-0.05, 0) is 41.8 Å². The van der Waals surface area contributed by atoms with E-state index < -0.39 is 0 Å². The van der Waals surface area contributed by atoms with E-state index in [0.29, 0.717) is 23.8 Å². The zero-order valence-electron chi connectivity index (χ0n) is 14.8. The molecule has 25 heavy (non-hydrogen) atoms. The van der Waals surface area contributed by atoms with E-state index in [4.69, 9.17) is 19.9 Å². The highest BCUT2D eigenvalue weighted by Crippen LogP contribution is 2.38.